The summed E-state index contributed by atoms with van der Waals surface area (Å²) in [6.07, 6.45) is 1.45. The van der Waals surface area contributed by atoms with Gasteiger partial charge in [-0.25, -0.2) is 0 Å². The molecule has 2 aliphatic heterocycles. The Bertz CT molecular complexity index is 1790. The second-order valence-corrected chi connectivity index (χ2v) is 13.3. The molecule has 2 aliphatic rings. The first-order valence-corrected chi connectivity index (χ1v) is 17.2. The Labute approximate surface area is 296 Å². The fourth-order valence-electron chi connectivity index (χ4n) is 6.49. The highest BCUT2D eigenvalue weighted by atomic mass is 16.2. The zero-order valence-corrected chi connectivity index (χ0v) is 29.3. The molecule has 0 unspecified atom stereocenters. The fraction of sp³-hybridized carbons (Fsp3) is 0.444. The van der Waals surface area contributed by atoms with E-state index in [2.05, 4.69) is 36.8 Å². The van der Waals surface area contributed by atoms with Crippen molar-refractivity contribution in [2.75, 3.05) is 19.6 Å². The van der Waals surface area contributed by atoms with Crippen LogP contribution in [0.1, 0.15) is 66.2 Å². The number of fused-ring (bicyclic) bond motifs is 4. The first-order chi connectivity index (χ1) is 24.4. The molecule has 5 rings (SSSR count). The molecule has 1 fully saturated rings. The van der Waals surface area contributed by atoms with Gasteiger partial charge in [-0.15, -0.1) is 10.2 Å². The number of hydrogen-bond acceptors (Lipinski definition) is 8. The maximum absolute atomic E-state index is 14.2. The van der Waals surface area contributed by atoms with Crippen molar-refractivity contribution in [3.8, 4) is 5.69 Å². The van der Waals surface area contributed by atoms with Gasteiger partial charge in [0.15, 0.2) is 5.82 Å². The Kier molecular flexibility index (Phi) is 11.8. The molecule has 3 aromatic rings. The van der Waals surface area contributed by atoms with E-state index in [1.807, 2.05) is 57.2 Å². The number of aryl methyl sites for hydroxylation is 2. The van der Waals surface area contributed by atoms with Crippen molar-refractivity contribution >= 4 is 35.4 Å². The van der Waals surface area contributed by atoms with E-state index in [1.54, 1.807) is 23.6 Å². The molecule has 0 saturated carbocycles. The maximum Gasteiger partial charge on any atom is 0.256 e. The lowest BCUT2D eigenvalue weighted by molar-refractivity contribution is -0.132. The average Bonchev–Trinajstić information content (AvgIpc) is 3.74. The van der Waals surface area contributed by atoms with Crippen molar-refractivity contribution in [1.82, 2.24) is 46.2 Å². The molecule has 1 saturated heterocycles. The Balaban J connectivity index is 1.50. The summed E-state index contributed by atoms with van der Waals surface area (Å²) in [7, 11) is 0. The van der Waals surface area contributed by atoms with Crippen molar-refractivity contribution in [2.45, 2.75) is 78.0 Å². The van der Waals surface area contributed by atoms with Gasteiger partial charge in [0.05, 0.1) is 30.9 Å². The van der Waals surface area contributed by atoms with E-state index in [-0.39, 0.29) is 31.2 Å². The molecule has 51 heavy (non-hydrogen) atoms. The molecule has 5 N–H and O–H groups in total. The van der Waals surface area contributed by atoms with Crippen LogP contribution >= 0.6 is 0 Å². The molecule has 15 heteroatoms. The van der Waals surface area contributed by atoms with Gasteiger partial charge in [0.1, 0.15) is 23.9 Å². The smallest absolute Gasteiger partial charge is 0.256 e. The second kappa shape index (κ2) is 16.4. The van der Waals surface area contributed by atoms with Crippen LogP contribution in [0.15, 0.2) is 48.5 Å². The summed E-state index contributed by atoms with van der Waals surface area (Å²) < 4.78 is 1.71. The molecule has 0 bridgehead atoms. The summed E-state index contributed by atoms with van der Waals surface area (Å²) in [5, 5.41) is 22.0. The Morgan fingerprint density at radius 3 is 2.12 bits per heavy atom. The highest BCUT2D eigenvalue weighted by Gasteiger charge is 2.36. The minimum Gasteiger partial charge on any atom is -0.347 e. The second-order valence-electron chi connectivity index (χ2n) is 13.3. The summed E-state index contributed by atoms with van der Waals surface area (Å²) in [4.78, 5) is 82.1. The van der Waals surface area contributed by atoms with Gasteiger partial charge in [-0.2, -0.15) is 0 Å². The molecule has 0 spiro atoms. The van der Waals surface area contributed by atoms with Gasteiger partial charge in [-0.05, 0) is 56.2 Å². The number of nitrogens with one attached hydrogen (secondary N) is 5. The summed E-state index contributed by atoms with van der Waals surface area (Å²) >= 11 is 0. The minimum atomic E-state index is -1.01. The van der Waals surface area contributed by atoms with Gasteiger partial charge >= 0.3 is 0 Å². The first kappa shape index (κ1) is 36.7. The topological polar surface area (TPSA) is 197 Å². The van der Waals surface area contributed by atoms with Gasteiger partial charge in [-0.3, -0.25) is 33.3 Å². The summed E-state index contributed by atoms with van der Waals surface area (Å²) in [6, 6.07) is 11.7. The van der Waals surface area contributed by atoms with Crippen LogP contribution in [0.25, 0.3) is 5.69 Å². The third-order valence-electron chi connectivity index (χ3n) is 8.96. The van der Waals surface area contributed by atoms with Crippen LogP contribution in [0.5, 0.6) is 0 Å². The van der Waals surface area contributed by atoms with Crippen LogP contribution in [0.4, 0.5) is 0 Å². The molecule has 3 atom stereocenters. The summed E-state index contributed by atoms with van der Waals surface area (Å²) in [6.45, 7) is 6.77. The van der Waals surface area contributed by atoms with Crippen molar-refractivity contribution in [3.05, 3.63) is 76.9 Å². The maximum atomic E-state index is 14.2. The first-order valence-electron chi connectivity index (χ1n) is 17.2. The quantitative estimate of drug-likeness (QED) is 0.261. The van der Waals surface area contributed by atoms with Gasteiger partial charge in [0.25, 0.3) is 5.91 Å². The average molecular weight is 700 g/mol. The number of rotatable bonds is 4. The lowest BCUT2D eigenvalue weighted by Crippen LogP contribution is -2.54. The Morgan fingerprint density at radius 1 is 0.765 bits per heavy atom. The zero-order chi connectivity index (χ0) is 36.7. The number of benzene rings is 2. The largest absolute Gasteiger partial charge is 0.347 e. The van der Waals surface area contributed by atoms with Crippen LogP contribution in [0.3, 0.4) is 0 Å². The third-order valence-corrected chi connectivity index (χ3v) is 8.96. The van der Waals surface area contributed by atoms with Gasteiger partial charge < -0.3 is 31.5 Å². The third kappa shape index (κ3) is 8.96. The van der Waals surface area contributed by atoms with E-state index in [0.29, 0.717) is 42.3 Å². The Hall–Kier alpha value is -5.60. The van der Waals surface area contributed by atoms with E-state index in [9.17, 15) is 28.8 Å². The number of para-hydroxylation sites is 1. The molecule has 3 heterocycles. The van der Waals surface area contributed by atoms with Crippen LogP contribution in [-0.2, 0) is 36.9 Å². The van der Waals surface area contributed by atoms with Crippen LogP contribution in [-0.4, -0.2) is 92.9 Å². The molecule has 6 amide bonds. The molecular formula is C36H45N9O6. The monoisotopic (exact) mass is 699 g/mol. The molecular weight excluding hydrogens is 654 g/mol. The van der Waals surface area contributed by atoms with Gasteiger partial charge in [-0.1, -0.05) is 56.3 Å². The Morgan fingerprint density at radius 2 is 1.41 bits per heavy atom. The molecule has 2 aromatic carbocycles. The number of carbonyl (C=O) groups is 6. The van der Waals surface area contributed by atoms with Crippen molar-refractivity contribution in [1.29, 1.82) is 0 Å². The standard InChI is InChI=1S/C36H45N9O6/c1-21(2)16-26-33(48)38-19-30(46)41-27(17-24-11-6-5-7-12-24)34(49)37-18-29-43-42-23(4)45(29)32-22(3)10-8-13-25(32)36(51)44-15-9-14-28(44)35(50)39-20-31(47)40-26/h5-8,10-13,21,26-28H,9,14-20H2,1-4H3,(H,37,49)(H,38,48)(H,39,50)(H,40,47)(H,41,46)/t26-,27-,28-/m0/s1. The van der Waals surface area contributed by atoms with Crippen LogP contribution < -0.4 is 26.6 Å². The number of hydrogen-bond donors (Lipinski definition) is 5. The van der Waals surface area contributed by atoms with Gasteiger partial charge in [0, 0.05) is 13.0 Å². The van der Waals surface area contributed by atoms with E-state index < -0.39 is 60.8 Å². The highest BCUT2D eigenvalue weighted by Crippen LogP contribution is 2.27. The molecule has 1 aromatic heterocycles. The number of nitrogens with zero attached hydrogens (tertiary/aromatic N) is 4. The molecule has 0 radical (unpaired) electrons. The van der Waals surface area contributed by atoms with E-state index >= 15 is 0 Å². The number of carbonyl (C=O) groups excluding carboxylic acids is 6. The van der Waals surface area contributed by atoms with Crippen molar-refractivity contribution in [3.63, 3.8) is 0 Å². The highest BCUT2D eigenvalue weighted by molar-refractivity contribution is 6.01. The normalized spacial score (nSPS) is 21.2. The van der Waals surface area contributed by atoms with Crippen molar-refractivity contribution < 1.29 is 28.8 Å². The lowest BCUT2D eigenvalue weighted by Gasteiger charge is -2.26. The van der Waals surface area contributed by atoms with Crippen LogP contribution in [0, 0.1) is 19.8 Å². The lowest BCUT2D eigenvalue weighted by atomic mass is 10.0. The number of aromatic nitrogens is 3. The van der Waals surface area contributed by atoms with E-state index in [0.717, 1.165) is 11.1 Å². The van der Waals surface area contributed by atoms with E-state index in [4.69, 9.17) is 0 Å². The number of amides is 6. The molecule has 15 nitrogen and oxygen atoms in total. The van der Waals surface area contributed by atoms with Crippen LogP contribution in [0.2, 0.25) is 0 Å². The zero-order valence-electron chi connectivity index (χ0n) is 29.3. The summed E-state index contributed by atoms with van der Waals surface area (Å²) in [5.74, 6) is -2.30. The minimum absolute atomic E-state index is 0.0149. The summed E-state index contributed by atoms with van der Waals surface area (Å²) in [5.41, 5.74) is 2.39. The van der Waals surface area contributed by atoms with E-state index in [1.165, 1.54) is 4.90 Å². The predicted octanol–water partition coefficient (Wildman–Crippen LogP) is 0.609. The SMILES string of the molecule is Cc1cccc2c1-n1c(C)nnc1CNC(=O)[C@H](Cc1ccccc1)NC(=O)CNC(=O)[C@H](CC(C)C)NC(=O)CNC(=O)[C@@H]1CCCN1C2=O. The van der Waals surface area contributed by atoms with Crippen molar-refractivity contribution in [2.24, 2.45) is 5.92 Å². The fourth-order valence-corrected chi connectivity index (χ4v) is 6.49. The van der Waals surface area contributed by atoms with Gasteiger partial charge in [0.2, 0.25) is 29.5 Å². The molecule has 270 valence electrons. The molecule has 0 aliphatic carbocycles. The predicted molar refractivity (Wildman–Crippen MR) is 186 cm³/mol.